The molecule has 0 aromatic heterocycles. The number of hydrogen-bond donors (Lipinski definition) is 0. The van der Waals surface area contributed by atoms with Crippen molar-refractivity contribution >= 4 is 39.1 Å². The van der Waals surface area contributed by atoms with Gasteiger partial charge in [-0.1, -0.05) is 17.7 Å². The Labute approximate surface area is 152 Å². The molecule has 6 nitrogen and oxygen atoms in total. The van der Waals surface area contributed by atoms with Crippen LogP contribution in [0.3, 0.4) is 0 Å². The fourth-order valence-corrected chi connectivity index (χ4v) is 2.54. The Balaban J connectivity index is 1.97. The monoisotopic (exact) mass is 412 g/mol. The lowest BCUT2D eigenvalue weighted by Crippen LogP contribution is -2.30. The van der Waals surface area contributed by atoms with E-state index in [0.29, 0.717) is 21.8 Å². The van der Waals surface area contributed by atoms with Crippen LogP contribution < -0.4 is 4.74 Å². The maximum absolute atomic E-state index is 12.3. The lowest BCUT2D eigenvalue weighted by molar-refractivity contribution is -0.385. The fraction of sp³-hybridized carbons (Fsp3) is 0.188. The van der Waals surface area contributed by atoms with Crippen LogP contribution in [-0.2, 0) is 0 Å². The van der Waals surface area contributed by atoms with Crippen molar-refractivity contribution < 1.29 is 14.5 Å². The minimum atomic E-state index is -0.539. The Kier molecular flexibility index (Phi) is 6.16. The van der Waals surface area contributed by atoms with Gasteiger partial charge >= 0.3 is 0 Å². The maximum atomic E-state index is 12.3. The van der Waals surface area contributed by atoms with Crippen LogP contribution in [0.25, 0.3) is 0 Å². The van der Waals surface area contributed by atoms with Crippen molar-refractivity contribution in [3.8, 4) is 5.75 Å². The summed E-state index contributed by atoms with van der Waals surface area (Å²) in [6, 6.07) is 11.2. The highest BCUT2D eigenvalue weighted by atomic mass is 79.9. The third-order valence-electron chi connectivity index (χ3n) is 3.23. The minimum absolute atomic E-state index is 0.149. The number of carbonyl (C=O) groups is 1. The molecule has 2 rings (SSSR count). The smallest absolute Gasteiger partial charge is 0.284 e. The average molecular weight is 414 g/mol. The quantitative estimate of drug-likeness (QED) is 0.526. The van der Waals surface area contributed by atoms with E-state index in [1.807, 2.05) is 0 Å². The second-order valence-electron chi connectivity index (χ2n) is 4.96. The number of halogens is 2. The molecule has 2 aromatic rings. The van der Waals surface area contributed by atoms with E-state index in [1.54, 1.807) is 31.3 Å². The first-order chi connectivity index (χ1) is 11.4. The third kappa shape index (κ3) is 4.69. The molecule has 0 radical (unpaired) electrons. The highest BCUT2D eigenvalue weighted by Gasteiger charge is 2.18. The Morgan fingerprint density at radius 2 is 2.08 bits per heavy atom. The number of likely N-dealkylation sites (N-methyl/N-ethyl adjacent to an activating group) is 1. The highest BCUT2D eigenvalue weighted by Crippen LogP contribution is 2.26. The van der Waals surface area contributed by atoms with E-state index in [4.69, 9.17) is 16.3 Å². The first-order valence-corrected chi connectivity index (χ1v) is 8.13. The average Bonchev–Trinajstić information content (AvgIpc) is 2.54. The molecule has 0 N–H and O–H groups in total. The largest absolute Gasteiger partial charge is 0.492 e. The van der Waals surface area contributed by atoms with Crippen molar-refractivity contribution in [1.29, 1.82) is 0 Å². The van der Waals surface area contributed by atoms with Crippen LogP contribution in [0.4, 0.5) is 5.69 Å². The Morgan fingerprint density at radius 3 is 2.75 bits per heavy atom. The van der Waals surface area contributed by atoms with E-state index < -0.39 is 4.92 Å². The van der Waals surface area contributed by atoms with Crippen LogP contribution in [0.15, 0.2) is 46.9 Å². The summed E-state index contributed by atoms with van der Waals surface area (Å²) in [6.45, 7) is 0.608. The normalized spacial score (nSPS) is 10.3. The van der Waals surface area contributed by atoms with Crippen LogP contribution in [-0.4, -0.2) is 35.9 Å². The van der Waals surface area contributed by atoms with Crippen molar-refractivity contribution in [2.75, 3.05) is 20.2 Å². The number of nitro benzene ring substituents is 1. The number of nitrogens with zero attached hydrogens (tertiary/aromatic N) is 2. The zero-order valence-electron chi connectivity index (χ0n) is 12.7. The van der Waals surface area contributed by atoms with E-state index >= 15 is 0 Å². The Hall–Kier alpha value is -2.12. The zero-order chi connectivity index (χ0) is 17.7. The zero-order valence-corrected chi connectivity index (χ0v) is 15.1. The molecule has 126 valence electrons. The number of benzene rings is 2. The van der Waals surface area contributed by atoms with Gasteiger partial charge in [-0.25, -0.2) is 0 Å². The molecule has 0 aliphatic carbocycles. The molecule has 0 atom stereocenters. The van der Waals surface area contributed by atoms with E-state index in [-0.39, 0.29) is 23.8 Å². The van der Waals surface area contributed by atoms with Gasteiger partial charge in [0.25, 0.3) is 11.6 Å². The van der Waals surface area contributed by atoms with E-state index in [1.165, 1.54) is 23.1 Å². The topological polar surface area (TPSA) is 72.7 Å². The fourth-order valence-electron chi connectivity index (χ4n) is 1.96. The molecule has 0 saturated heterocycles. The van der Waals surface area contributed by atoms with Crippen molar-refractivity contribution in [1.82, 2.24) is 4.90 Å². The van der Waals surface area contributed by atoms with Gasteiger partial charge in [-0.15, -0.1) is 0 Å². The molecule has 8 heteroatoms. The number of ether oxygens (including phenoxy) is 1. The van der Waals surface area contributed by atoms with Crippen LogP contribution in [0.5, 0.6) is 5.75 Å². The summed E-state index contributed by atoms with van der Waals surface area (Å²) in [5.74, 6) is 0.294. The maximum Gasteiger partial charge on any atom is 0.284 e. The summed E-state index contributed by atoms with van der Waals surface area (Å²) in [5, 5.41) is 11.5. The molecule has 0 spiro atoms. The third-order valence-corrected chi connectivity index (χ3v) is 4.13. The summed E-state index contributed by atoms with van der Waals surface area (Å²) in [5.41, 5.74) is 0.0968. The minimum Gasteiger partial charge on any atom is -0.492 e. The van der Waals surface area contributed by atoms with Gasteiger partial charge in [-0.05, 0) is 46.3 Å². The molecule has 0 heterocycles. The summed E-state index contributed by atoms with van der Waals surface area (Å²) in [4.78, 5) is 24.2. The van der Waals surface area contributed by atoms with E-state index in [0.717, 1.165) is 0 Å². The van der Waals surface area contributed by atoms with Gasteiger partial charge < -0.3 is 9.64 Å². The molecular formula is C16H14BrClN2O4. The van der Waals surface area contributed by atoms with Gasteiger partial charge in [0.2, 0.25) is 0 Å². The summed E-state index contributed by atoms with van der Waals surface area (Å²) < 4.78 is 5.86. The summed E-state index contributed by atoms with van der Waals surface area (Å²) in [7, 11) is 1.61. The summed E-state index contributed by atoms with van der Waals surface area (Å²) in [6.07, 6.45) is 0. The molecule has 0 unspecified atom stereocenters. The Bertz CT molecular complexity index is 769. The predicted molar refractivity (Wildman–Crippen MR) is 94.7 cm³/mol. The van der Waals surface area contributed by atoms with Gasteiger partial charge in [0, 0.05) is 23.7 Å². The van der Waals surface area contributed by atoms with Crippen LogP contribution in [0.1, 0.15) is 10.4 Å². The second kappa shape index (κ2) is 8.12. The molecular weight excluding hydrogens is 400 g/mol. The SMILES string of the molecule is CN(CCOc1cccc(Cl)c1)C(=O)c1ccc(Br)c([N+](=O)[O-])c1. The molecule has 0 fully saturated rings. The molecule has 2 aromatic carbocycles. The van der Waals surface area contributed by atoms with Crippen LogP contribution in [0.2, 0.25) is 5.02 Å². The van der Waals surface area contributed by atoms with Gasteiger partial charge in [0.15, 0.2) is 0 Å². The predicted octanol–water partition coefficient (Wildman–Crippen LogP) is 4.16. The lowest BCUT2D eigenvalue weighted by atomic mass is 10.2. The molecule has 0 aliphatic heterocycles. The summed E-state index contributed by atoms with van der Waals surface area (Å²) >= 11 is 8.96. The lowest BCUT2D eigenvalue weighted by Gasteiger charge is -2.17. The molecule has 1 amide bonds. The molecule has 0 bridgehead atoms. The van der Waals surface area contributed by atoms with Crippen molar-refractivity contribution in [2.45, 2.75) is 0 Å². The van der Waals surface area contributed by atoms with E-state index in [9.17, 15) is 14.9 Å². The van der Waals surface area contributed by atoms with Gasteiger partial charge in [0.1, 0.15) is 12.4 Å². The number of rotatable bonds is 6. The van der Waals surface area contributed by atoms with E-state index in [2.05, 4.69) is 15.9 Å². The van der Waals surface area contributed by atoms with Crippen molar-refractivity contribution in [3.05, 3.63) is 67.6 Å². The van der Waals surface area contributed by atoms with Crippen molar-refractivity contribution in [3.63, 3.8) is 0 Å². The number of hydrogen-bond acceptors (Lipinski definition) is 4. The molecule has 24 heavy (non-hydrogen) atoms. The first kappa shape index (κ1) is 18.2. The Morgan fingerprint density at radius 1 is 1.33 bits per heavy atom. The standard InChI is InChI=1S/C16H14BrClN2O4/c1-19(7-8-24-13-4-2-3-12(18)10-13)16(21)11-5-6-14(17)15(9-11)20(22)23/h2-6,9-10H,7-8H2,1H3. The highest BCUT2D eigenvalue weighted by molar-refractivity contribution is 9.10. The number of carbonyl (C=O) groups excluding carboxylic acids is 1. The second-order valence-corrected chi connectivity index (χ2v) is 6.25. The van der Waals surface area contributed by atoms with Gasteiger partial charge in [-0.2, -0.15) is 0 Å². The first-order valence-electron chi connectivity index (χ1n) is 6.96. The van der Waals surface area contributed by atoms with Crippen LogP contribution in [0, 0.1) is 10.1 Å². The van der Waals surface area contributed by atoms with Gasteiger partial charge in [0.05, 0.1) is 15.9 Å². The molecule has 0 aliphatic rings. The van der Waals surface area contributed by atoms with Crippen molar-refractivity contribution in [2.24, 2.45) is 0 Å². The van der Waals surface area contributed by atoms with Crippen LogP contribution >= 0.6 is 27.5 Å². The van der Waals surface area contributed by atoms with Gasteiger partial charge in [-0.3, -0.25) is 14.9 Å². The number of nitro groups is 1. The number of amides is 1. The molecule has 0 saturated carbocycles.